The lowest BCUT2D eigenvalue weighted by Gasteiger charge is -2.26. The molecule has 1 atom stereocenters. The first-order valence-corrected chi connectivity index (χ1v) is 7.58. The van der Waals surface area contributed by atoms with Gasteiger partial charge in [-0.3, -0.25) is 0 Å². The first-order valence-electron chi connectivity index (χ1n) is 5.37. The summed E-state index contributed by atoms with van der Waals surface area (Å²) in [6.07, 6.45) is 9.17. The summed E-state index contributed by atoms with van der Waals surface area (Å²) in [5.41, 5.74) is 0. The van der Waals surface area contributed by atoms with E-state index in [0.717, 1.165) is 0 Å². The highest BCUT2D eigenvalue weighted by atomic mass is 32.2. The summed E-state index contributed by atoms with van der Waals surface area (Å²) in [6.45, 7) is 6.91. The molecule has 0 N–H and O–H groups in total. The lowest BCUT2D eigenvalue weighted by Crippen LogP contribution is -2.14. The molecule has 80 valence electrons. The van der Waals surface area contributed by atoms with Crippen molar-refractivity contribution in [2.75, 3.05) is 12.0 Å². The second kappa shape index (κ2) is 8.05. The Bertz CT molecular complexity index is 115. The molecule has 0 aliphatic carbocycles. The average molecular weight is 220 g/mol. The van der Waals surface area contributed by atoms with Crippen LogP contribution in [-0.4, -0.2) is 16.1 Å². The van der Waals surface area contributed by atoms with Crippen molar-refractivity contribution in [2.24, 2.45) is 0 Å². The van der Waals surface area contributed by atoms with Gasteiger partial charge in [0.05, 0.1) is 4.08 Å². The van der Waals surface area contributed by atoms with Crippen molar-refractivity contribution in [3.05, 3.63) is 0 Å². The third kappa shape index (κ3) is 6.73. The summed E-state index contributed by atoms with van der Waals surface area (Å²) < 4.78 is 0.475. The van der Waals surface area contributed by atoms with Gasteiger partial charge in [0.1, 0.15) is 0 Å². The molecule has 0 bridgehead atoms. The molecule has 2 heteroatoms. The Labute approximate surface area is 92.6 Å². The topological polar surface area (TPSA) is 0 Å². The van der Waals surface area contributed by atoms with Gasteiger partial charge in [-0.1, -0.05) is 39.5 Å². The largest absolute Gasteiger partial charge is 0.148 e. The van der Waals surface area contributed by atoms with Crippen LogP contribution in [0.4, 0.5) is 0 Å². The quantitative estimate of drug-likeness (QED) is 0.426. The van der Waals surface area contributed by atoms with Gasteiger partial charge in [0.25, 0.3) is 0 Å². The average Bonchev–Trinajstić information content (AvgIpc) is 2.13. The summed E-state index contributed by atoms with van der Waals surface area (Å²) in [6, 6.07) is 0. The second-order valence-electron chi connectivity index (χ2n) is 3.58. The molecular formula is C11H24S2. The fourth-order valence-corrected chi connectivity index (χ4v) is 3.48. The number of rotatable bonds is 8. The summed E-state index contributed by atoms with van der Waals surface area (Å²) in [7, 11) is 0. The summed E-state index contributed by atoms with van der Waals surface area (Å²) in [4.78, 5) is 0. The van der Waals surface area contributed by atoms with Crippen molar-refractivity contribution in [3.63, 3.8) is 0 Å². The van der Waals surface area contributed by atoms with E-state index in [-0.39, 0.29) is 0 Å². The second-order valence-corrected chi connectivity index (χ2v) is 6.92. The molecule has 0 radical (unpaired) electrons. The van der Waals surface area contributed by atoms with Gasteiger partial charge in [0, 0.05) is 0 Å². The van der Waals surface area contributed by atoms with Crippen molar-refractivity contribution in [1.82, 2.24) is 0 Å². The van der Waals surface area contributed by atoms with Gasteiger partial charge in [-0.25, -0.2) is 0 Å². The predicted molar refractivity (Wildman–Crippen MR) is 68.8 cm³/mol. The smallest absolute Gasteiger partial charge is 0.0580 e. The van der Waals surface area contributed by atoms with Gasteiger partial charge in [-0.2, -0.15) is 0 Å². The molecule has 0 amide bonds. The van der Waals surface area contributed by atoms with Gasteiger partial charge < -0.3 is 0 Å². The number of hydrogen-bond donors (Lipinski definition) is 0. The van der Waals surface area contributed by atoms with Crippen LogP contribution in [0.15, 0.2) is 0 Å². The maximum absolute atomic E-state index is 2.39. The number of hydrogen-bond acceptors (Lipinski definition) is 2. The van der Waals surface area contributed by atoms with Crippen molar-refractivity contribution in [2.45, 2.75) is 57.0 Å². The molecular weight excluding hydrogens is 196 g/mol. The van der Waals surface area contributed by atoms with Crippen LogP contribution in [0.5, 0.6) is 0 Å². The van der Waals surface area contributed by atoms with Gasteiger partial charge in [-0.15, -0.1) is 23.5 Å². The van der Waals surface area contributed by atoms with Gasteiger partial charge >= 0.3 is 0 Å². The van der Waals surface area contributed by atoms with Crippen molar-refractivity contribution in [1.29, 1.82) is 0 Å². The van der Waals surface area contributed by atoms with E-state index in [1.165, 1.54) is 37.9 Å². The Morgan fingerprint density at radius 1 is 1.08 bits per heavy atom. The Hall–Kier alpha value is 0.700. The van der Waals surface area contributed by atoms with Crippen LogP contribution < -0.4 is 0 Å². The summed E-state index contributed by atoms with van der Waals surface area (Å²) in [5.74, 6) is 1.24. The third-order valence-corrected chi connectivity index (χ3v) is 5.39. The van der Waals surface area contributed by atoms with Crippen LogP contribution in [0.2, 0.25) is 0 Å². The normalized spacial score (nSPS) is 15.7. The van der Waals surface area contributed by atoms with Gasteiger partial charge in [-0.05, 0) is 25.4 Å². The van der Waals surface area contributed by atoms with Crippen LogP contribution in [-0.2, 0) is 0 Å². The lowest BCUT2D eigenvalue weighted by molar-refractivity contribution is 0.616. The van der Waals surface area contributed by atoms with E-state index in [1.54, 1.807) is 0 Å². The van der Waals surface area contributed by atoms with Crippen molar-refractivity contribution < 1.29 is 0 Å². The zero-order valence-corrected chi connectivity index (χ0v) is 11.2. The molecule has 0 aliphatic heterocycles. The highest BCUT2D eigenvalue weighted by Gasteiger charge is 2.21. The SMILES string of the molecule is CCCCCCC(C)(SC)SCC. The van der Waals surface area contributed by atoms with Crippen molar-refractivity contribution >= 4 is 23.5 Å². The molecule has 0 nitrogen and oxygen atoms in total. The molecule has 0 saturated heterocycles. The van der Waals surface area contributed by atoms with Crippen LogP contribution >= 0.6 is 23.5 Å². The Balaban J connectivity index is 3.57. The van der Waals surface area contributed by atoms with E-state index in [4.69, 9.17) is 0 Å². The monoisotopic (exact) mass is 220 g/mol. The minimum absolute atomic E-state index is 0.475. The Kier molecular flexibility index (Phi) is 8.48. The minimum atomic E-state index is 0.475. The summed E-state index contributed by atoms with van der Waals surface area (Å²) >= 11 is 4.12. The molecule has 0 aliphatic rings. The molecule has 0 aromatic carbocycles. The van der Waals surface area contributed by atoms with Crippen LogP contribution in [0.25, 0.3) is 0 Å². The molecule has 0 aromatic rings. The zero-order valence-electron chi connectivity index (χ0n) is 9.56. The van der Waals surface area contributed by atoms with E-state index >= 15 is 0 Å². The molecule has 0 rings (SSSR count). The van der Waals surface area contributed by atoms with E-state index < -0.39 is 0 Å². The fraction of sp³-hybridized carbons (Fsp3) is 1.00. The third-order valence-electron chi connectivity index (χ3n) is 2.37. The van der Waals surface area contributed by atoms with E-state index in [0.29, 0.717) is 4.08 Å². The molecule has 1 unspecified atom stereocenters. The minimum Gasteiger partial charge on any atom is -0.148 e. The number of thioether (sulfide) groups is 2. The van der Waals surface area contributed by atoms with Gasteiger partial charge in [0.2, 0.25) is 0 Å². The highest BCUT2D eigenvalue weighted by Crippen LogP contribution is 2.39. The van der Waals surface area contributed by atoms with Gasteiger partial charge in [0.15, 0.2) is 0 Å². The Morgan fingerprint density at radius 3 is 2.23 bits per heavy atom. The van der Waals surface area contributed by atoms with Crippen LogP contribution in [0.3, 0.4) is 0 Å². The zero-order chi connectivity index (χ0) is 10.2. The van der Waals surface area contributed by atoms with E-state index in [2.05, 4.69) is 38.8 Å². The van der Waals surface area contributed by atoms with Crippen LogP contribution in [0.1, 0.15) is 52.9 Å². The maximum Gasteiger partial charge on any atom is 0.0580 e. The van der Waals surface area contributed by atoms with E-state index in [1.807, 2.05) is 11.8 Å². The Morgan fingerprint density at radius 2 is 1.77 bits per heavy atom. The first-order chi connectivity index (χ1) is 6.18. The first kappa shape index (κ1) is 13.7. The maximum atomic E-state index is 2.39. The lowest BCUT2D eigenvalue weighted by atomic mass is 10.1. The molecule has 0 spiro atoms. The molecule has 0 fully saturated rings. The predicted octanol–water partition coefficient (Wildman–Crippen LogP) is 4.79. The molecule has 0 heterocycles. The molecule has 13 heavy (non-hydrogen) atoms. The highest BCUT2D eigenvalue weighted by molar-refractivity contribution is 8.17. The van der Waals surface area contributed by atoms with E-state index in [9.17, 15) is 0 Å². The fourth-order valence-electron chi connectivity index (χ4n) is 1.41. The summed E-state index contributed by atoms with van der Waals surface area (Å²) in [5, 5.41) is 0. The van der Waals surface area contributed by atoms with Crippen LogP contribution in [0, 0.1) is 0 Å². The molecule has 0 aromatic heterocycles. The molecule has 0 saturated carbocycles. The van der Waals surface area contributed by atoms with Crippen molar-refractivity contribution in [3.8, 4) is 0 Å². The standard InChI is InChI=1S/C11H24S2/c1-5-7-8-9-10-11(3,12-4)13-6-2/h5-10H2,1-4H3. The number of unbranched alkanes of at least 4 members (excludes halogenated alkanes) is 3.